The van der Waals surface area contributed by atoms with Crippen molar-refractivity contribution in [3.8, 4) is 0 Å². The molecule has 0 radical (unpaired) electrons. The van der Waals surface area contributed by atoms with Gasteiger partial charge in [-0.3, -0.25) is 0 Å². The van der Waals surface area contributed by atoms with Gasteiger partial charge in [0.25, 0.3) is 0 Å². The molecule has 0 aromatic carbocycles. The van der Waals surface area contributed by atoms with E-state index in [1.807, 2.05) is 0 Å². The van der Waals surface area contributed by atoms with E-state index >= 15 is 0 Å². The van der Waals surface area contributed by atoms with Crippen LogP contribution in [0.25, 0.3) is 0 Å². The lowest BCUT2D eigenvalue weighted by atomic mass is 9.97. The van der Waals surface area contributed by atoms with Crippen LogP contribution in [0.5, 0.6) is 0 Å². The lowest BCUT2D eigenvalue weighted by Crippen LogP contribution is -2.28. The summed E-state index contributed by atoms with van der Waals surface area (Å²) in [7, 11) is -6.00. The van der Waals surface area contributed by atoms with E-state index in [1.54, 1.807) is 0 Å². The van der Waals surface area contributed by atoms with Gasteiger partial charge in [0.15, 0.2) is 0 Å². The molecule has 0 spiro atoms. The van der Waals surface area contributed by atoms with Gasteiger partial charge in [-0.1, -0.05) is 66.2 Å². The SMILES string of the molecule is CCCCC(CC)CNCC(CC)CCCC.F[B-](F)(F)F. The first-order valence-electron chi connectivity index (χ1n) is 8.86. The highest BCUT2D eigenvalue weighted by molar-refractivity contribution is 6.50. The first kappa shape index (κ1) is 24.0. The Kier molecular flexibility index (Phi) is 17.1. The molecule has 0 aliphatic rings. The van der Waals surface area contributed by atoms with Crippen molar-refractivity contribution in [1.29, 1.82) is 0 Å². The predicted octanol–water partition coefficient (Wildman–Crippen LogP) is 6.31. The fourth-order valence-electron chi connectivity index (χ4n) is 2.38. The van der Waals surface area contributed by atoms with Gasteiger partial charge in [0.1, 0.15) is 0 Å². The summed E-state index contributed by atoms with van der Waals surface area (Å²) in [5.74, 6) is 1.80. The molecular weight excluding hydrogens is 293 g/mol. The standard InChI is InChI=1S/C16H35N.BF4/c1-5-9-11-15(7-3)13-17-14-16(8-4)12-10-6-2;2-1(3,4)5/h15-17H,5-14H2,1-4H3;/q;-1. The summed E-state index contributed by atoms with van der Waals surface area (Å²) >= 11 is 0. The second-order valence-corrected chi connectivity index (χ2v) is 5.99. The molecule has 136 valence electrons. The average molecular weight is 328 g/mol. The zero-order valence-corrected chi connectivity index (χ0v) is 14.8. The maximum absolute atomic E-state index is 9.75. The molecule has 0 fully saturated rings. The van der Waals surface area contributed by atoms with Gasteiger partial charge in [0.2, 0.25) is 0 Å². The monoisotopic (exact) mass is 328 g/mol. The average Bonchev–Trinajstić information content (AvgIpc) is 2.44. The van der Waals surface area contributed by atoms with Gasteiger partial charge in [0, 0.05) is 0 Å². The second kappa shape index (κ2) is 15.6. The summed E-state index contributed by atoms with van der Waals surface area (Å²) in [6.45, 7) is 11.7. The highest BCUT2D eigenvalue weighted by Gasteiger charge is 2.20. The quantitative estimate of drug-likeness (QED) is 0.327. The molecule has 1 N–H and O–H groups in total. The van der Waals surface area contributed by atoms with Crippen molar-refractivity contribution in [3.63, 3.8) is 0 Å². The zero-order valence-electron chi connectivity index (χ0n) is 14.8. The number of hydrogen-bond acceptors (Lipinski definition) is 1. The third-order valence-corrected chi connectivity index (χ3v) is 3.95. The summed E-state index contributed by atoms with van der Waals surface area (Å²) in [5.41, 5.74) is 0. The Morgan fingerprint density at radius 1 is 0.727 bits per heavy atom. The molecule has 0 rings (SSSR count). The third-order valence-electron chi connectivity index (χ3n) is 3.95. The van der Waals surface area contributed by atoms with Gasteiger partial charge in [-0.25, -0.2) is 0 Å². The lowest BCUT2D eigenvalue weighted by molar-refractivity contribution is 0.368. The number of hydrogen-bond donors (Lipinski definition) is 1. The maximum atomic E-state index is 9.75. The van der Waals surface area contributed by atoms with Crippen LogP contribution >= 0.6 is 0 Å². The second-order valence-electron chi connectivity index (χ2n) is 5.99. The van der Waals surface area contributed by atoms with Crippen LogP contribution in [0.3, 0.4) is 0 Å². The molecule has 0 aliphatic carbocycles. The van der Waals surface area contributed by atoms with Gasteiger partial charge in [-0.2, -0.15) is 0 Å². The van der Waals surface area contributed by atoms with Crippen LogP contribution in [0.15, 0.2) is 0 Å². The maximum Gasteiger partial charge on any atom is 0.673 e. The Bertz CT molecular complexity index is 203. The van der Waals surface area contributed by atoms with Crippen molar-refractivity contribution in [1.82, 2.24) is 5.32 Å². The normalized spacial score (nSPS) is 14.2. The Morgan fingerprint density at radius 2 is 1.05 bits per heavy atom. The molecule has 0 heterocycles. The number of nitrogens with one attached hydrogen (secondary N) is 1. The molecule has 0 aromatic heterocycles. The van der Waals surface area contributed by atoms with Crippen molar-refractivity contribution in [2.24, 2.45) is 11.8 Å². The Morgan fingerprint density at radius 3 is 1.27 bits per heavy atom. The summed E-state index contributed by atoms with van der Waals surface area (Å²) in [6, 6.07) is 0. The summed E-state index contributed by atoms with van der Waals surface area (Å²) in [4.78, 5) is 0. The largest absolute Gasteiger partial charge is 0.673 e. The minimum absolute atomic E-state index is 0.902. The van der Waals surface area contributed by atoms with Gasteiger partial charge < -0.3 is 22.6 Å². The van der Waals surface area contributed by atoms with Crippen LogP contribution in [0.4, 0.5) is 17.3 Å². The van der Waals surface area contributed by atoms with E-state index in [0.29, 0.717) is 0 Å². The molecule has 6 heteroatoms. The van der Waals surface area contributed by atoms with Gasteiger partial charge >= 0.3 is 7.25 Å². The van der Waals surface area contributed by atoms with Gasteiger partial charge in [-0.15, -0.1) is 0 Å². The Hall–Kier alpha value is -0.255. The van der Waals surface area contributed by atoms with Gasteiger partial charge in [0.05, 0.1) is 0 Å². The molecule has 0 saturated heterocycles. The molecule has 22 heavy (non-hydrogen) atoms. The number of halogens is 4. The summed E-state index contributed by atoms with van der Waals surface area (Å²) in [5, 5.41) is 3.71. The molecule has 2 atom stereocenters. The Balaban J connectivity index is 0. The van der Waals surface area contributed by atoms with Gasteiger partial charge in [-0.05, 0) is 37.8 Å². The van der Waals surface area contributed by atoms with E-state index in [2.05, 4.69) is 33.0 Å². The molecule has 0 aromatic rings. The number of unbranched alkanes of at least 4 members (excludes halogenated alkanes) is 2. The fourth-order valence-corrected chi connectivity index (χ4v) is 2.38. The summed E-state index contributed by atoms with van der Waals surface area (Å²) in [6.07, 6.45) is 10.9. The van der Waals surface area contributed by atoms with Crippen molar-refractivity contribution < 1.29 is 17.3 Å². The van der Waals surface area contributed by atoms with Crippen molar-refractivity contribution in [3.05, 3.63) is 0 Å². The molecule has 1 nitrogen and oxygen atoms in total. The van der Waals surface area contributed by atoms with E-state index in [9.17, 15) is 17.3 Å². The van der Waals surface area contributed by atoms with E-state index in [1.165, 1.54) is 64.5 Å². The highest BCUT2D eigenvalue weighted by atomic mass is 19.5. The van der Waals surface area contributed by atoms with Crippen LogP contribution in [-0.2, 0) is 0 Å². The smallest absolute Gasteiger partial charge is 0.418 e. The third kappa shape index (κ3) is 22.0. The minimum atomic E-state index is -6.00. The fraction of sp³-hybridized carbons (Fsp3) is 1.00. The summed E-state index contributed by atoms with van der Waals surface area (Å²) < 4.78 is 39.0. The minimum Gasteiger partial charge on any atom is -0.418 e. The van der Waals surface area contributed by atoms with Crippen molar-refractivity contribution in [2.75, 3.05) is 13.1 Å². The van der Waals surface area contributed by atoms with E-state index in [-0.39, 0.29) is 0 Å². The van der Waals surface area contributed by atoms with E-state index in [4.69, 9.17) is 0 Å². The first-order valence-corrected chi connectivity index (χ1v) is 8.86. The van der Waals surface area contributed by atoms with Crippen LogP contribution in [0, 0.1) is 11.8 Å². The predicted molar refractivity (Wildman–Crippen MR) is 89.7 cm³/mol. The van der Waals surface area contributed by atoms with Crippen LogP contribution in [0.1, 0.15) is 79.1 Å². The van der Waals surface area contributed by atoms with Crippen molar-refractivity contribution in [2.45, 2.75) is 79.1 Å². The molecule has 0 saturated carbocycles. The number of rotatable bonds is 12. The van der Waals surface area contributed by atoms with E-state index < -0.39 is 7.25 Å². The molecule has 2 unspecified atom stereocenters. The Labute approximate surface area is 134 Å². The molecule has 0 amide bonds. The first-order chi connectivity index (χ1) is 10.3. The van der Waals surface area contributed by atoms with Crippen LogP contribution in [0.2, 0.25) is 0 Å². The van der Waals surface area contributed by atoms with Crippen LogP contribution in [-0.4, -0.2) is 20.3 Å². The molecule has 0 aliphatic heterocycles. The molecular formula is C16H35BF4N-. The van der Waals surface area contributed by atoms with E-state index in [0.717, 1.165) is 11.8 Å². The topological polar surface area (TPSA) is 12.0 Å². The highest BCUT2D eigenvalue weighted by Crippen LogP contribution is 2.14. The lowest BCUT2D eigenvalue weighted by Gasteiger charge is -2.19. The molecule has 0 bridgehead atoms. The van der Waals surface area contributed by atoms with Crippen LogP contribution < -0.4 is 5.32 Å². The zero-order chi connectivity index (χ0) is 17.4. The van der Waals surface area contributed by atoms with Crippen molar-refractivity contribution >= 4 is 7.25 Å².